The highest BCUT2D eigenvalue weighted by Crippen LogP contribution is 2.11. The van der Waals surface area contributed by atoms with Gasteiger partial charge in [0, 0.05) is 6.61 Å². The predicted octanol–water partition coefficient (Wildman–Crippen LogP) is 0.596. The van der Waals surface area contributed by atoms with E-state index in [0.717, 1.165) is 39.5 Å². The van der Waals surface area contributed by atoms with Crippen LogP contribution in [0.4, 0.5) is 0 Å². The van der Waals surface area contributed by atoms with E-state index in [0.29, 0.717) is 12.2 Å². The Labute approximate surface area is 84.5 Å². The van der Waals surface area contributed by atoms with E-state index in [1.165, 1.54) is 0 Å². The van der Waals surface area contributed by atoms with Crippen LogP contribution >= 0.6 is 0 Å². The molecular formula is C10H18O4. The lowest BCUT2D eigenvalue weighted by atomic mass is 10.3. The Hall–Kier alpha value is -0.160. The molecule has 0 radical (unpaired) electrons. The number of epoxide rings is 2. The lowest BCUT2D eigenvalue weighted by Crippen LogP contribution is -2.15. The molecule has 0 aromatic rings. The van der Waals surface area contributed by atoms with E-state index in [-0.39, 0.29) is 6.10 Å². The first kappa shape index (κ1) is 10.4. The summed E-state index contributed by atoms with van der Waals surface area (Å²) in [7, 11) is 0. The van der Waals surface area contributed by atoms with Crippen molar-refractivity contribution < 1.29 is 18.9 Å². The van der Waals surface area contributed by atoms with Gasteiger partial charge in [-0.05, 0) is 13.3 Å². The molecule has 4 nitrogen and oxygen atoms in total. The largest absolute Gasteiger partial charge is 0.379 e. The van der Waals surface area contributed by atoms with Crippen molar-refractivity contribution in [2.75, 3.05) is 33.0 Å². The average Bonchev–Trinajstić information content (AvgIpc) is 3.02. The summed E-state index contributed by atoms with van der Waals surface area (Å²) in [6.45, 7) is 6.02. The van der Waals surface area contributed by atoms with Gasteiger partial charge in [0.05, 0.1) is 32.5 Å². The third-order valence-corrected chi connectivity index (χ3v) is 2.34. The van der Waals surface area contributed by atoms with Crippen molar-refractivity contribution in [2.24, 2.45) is 0 Å². The second-order valence-electron chi connectivity index (χ2n) is 3.92. The van der Waals surface area contributed by atoms with Crippen molar-refractivity contribution in [3.8, 4) is 0 Å². The standard InChI is InChI=1S/C10H18O4/c1-8(12-5-10-7-14-10)2-3-11-4-9-6-13-9/h8-10H,2-7H2,1H3/t8-,9+,10+/m0/s1. The van der Waals surface area contributed by atoms with Gasteiger partial charge in [-0.25, -0.2) is 0 Å². The van der Waals surface area contributed by atoms with Gasteiger partial charge in [-0.2, -0.15) is 0 Å². The molecule has 4 heteroatoms. The Balaban J connectivity index is 1.38. The van der Waals surface area contributed by atoms with Gasteiger partial charge in [0.25, 0.3) is 0 Å². The molecule has 14 heavy (non-hydrogen) atoms. The maximum Gasteiger partial charge on any atom is 0.104 e. The maximum atomic E-state index is 5.55. The first-order valence-corrected chi connectivity index (χ1v) is 5.27. The van der Waals surface area contributed by atoms with Gasteiger partial charge >= 0.3 is 0 Å². The first-order chi connectivity index (χ1) is 6.84. The van der Waals surface area contributed by atoms with Crippen LogP contribution in [0.3, 0.4) is 0 Å². The van der Waals surface area contributed by atoms with Crippen LogP contribution in [0.25, 0.3) is 0 Å². The molecule has 2 aliphatic rings. The average molecular weight is 202 g/mol. The fourth-order valence-electron chi connectivity index (χ4n) is 1.15. The summed E-state index contributed by atoms with van der Waals surface area (Å²) in [5.41, 5.74) is 0. The molecule has 2 saturated heterocycles. The van der Waals surface area contributed by atoms with E-state index in [4.69, 9.17) is 18.9 Å². The normalized spacial score (nSPS) is 31.5. The van der Waals surface area contributed by atoms with Gasteiger partial charge in [-0.1, -0.05) is 0 Å². The van der Waals surface area contributed by atoms with E-state index in [2.05, 4.69) is 6.92 Å². The zero-order valence-corrected chi connectivity index (χ0v) is 8.61. The molecule has 0 saturated carbocycles. The lowest BCUT2D eigenvalue weighted by Gasteiger charge is -2.11. The fraction of sp³-hybridized carbons (Fsp3) is 1.00. The van der Waals surface area contributed by atoms with Crippen LogP contribution in [0.5, 0.6) is 0 Å². The second kappa shape index (κ2) is 5.07. The molecule has 3 atom stereocenters. The molecule has 0 amide bonds. The third-order valence-electron chi connectivity index (χ3n) is 2.34. The highest BCUT2D eigenvalue weighted by Gasteiger charge is 2.24. The van der Waals surface area contributed by atoms with Gasteiger partial charge in [-0.15, -0.1) is 0 Å². The highest BCUT2D eigenvalue weighted by atomic mass is 16.6. The number of rotatable bonds is 8. The van der Waals surface area contributed by atoms with Crippen molar-refractivity contribution in [2.45, 2.75) is 31.7 Å². The molecule has 0 bridgehead atoms. The minimum atomic E-state index is 0.263. The Bertz CT molecular complexity index is 166. The minimum absolute atomic E-state index is 0.263. The maximum absolute atomic E-state index is 5.55. The Kier molecular flexibility index (Phi) is 3.75. The summed E-state index contributed by atoms with van der Waals surface area (Å²) in [6, 6.07) is 0. The summed E-state index contributed by atoms with van der Waals surface area (Å²) in [4.78, 5) is 0. The van der Waals surface area contributed by atoms with Crippen molar-refractivity contribution in [3.63, 3.8) is 0 Å². The SMILES string of the molecule is C[C@@H](CCOC[C@@H]1CO1)OC[C@@H]1CO1. The Morgan fingerprint density at radius 1 is 1.21 bits per heavy atom. The van der Waals surface area contributed by atoms with E-state index in [1.54, 1.807) is 0 Å². The fourth-order valence-corrected chi connectivity index (χ4v) is 1.15. The summed E-state index contributed by atoms with van der Waals surface area (Å²) in [6.07, 6.45) is 1.93. The summed E-state index contributed by atoms with van der Waals surface area (Å²) in [5.74, 6) is 0. The van der Waals surface area contributed by atoms with Gasteiger partial charge in [0.15, 0.2) is 0 Å². The van der Waals surface area contributed by atoms with Crippen molar-refractivity contribution in [1.29, 1.82) is 0 Å². The smallest absolute Gasteiger partial charge is 0.104 e. The number of ether oxygens (including phenoxy) is 4. The molecule has 0 N–H and O–H groups in total. The molecule has 0 aliphatic carbocycles. The van der Waals surface area contributed by atoms with Gasteiger partial charge in [0.1, 0.15) is 12.2 Å². The summed E-state index contributed by atoms with van der Waals surface area (Å²) in [5, 5.41) is 0. The molecule has 2 rings (SSSR count). The Morgan fingerprint density at radius 3 is 2.50 bits per heavy atom. The van der Waals surface area contributed by atoms with Gasteiger partial charge in [0.2, 0.25) is 0 Å². The van der Waals surface area contributed by atoms with E-state index >= 15 is 0 Å². The van der Waals surface area contributed by atoms with Crippen LogP contribution < -0.4 is 0 Å². The molecule has 0 spiro atoms. The van der Waals surface area contributed by atoms with Crippen LogP contribution in [0.15, 0.2) is 0 Å². The zero-order chi connectivity index (χ0) is 9.80. The van der Waals surface area contributed by atoms with Gasteiger partial charge < -0.3 is 18.9 Å². The van der Waals surface area contributed by atoms with E-state index in [1.807, 2.05) is 0 Å². The Morgan fingerprint density at radius 2 is 1.86 bits per heavy atom. The molecule has 0 unspecified atom stereocenters. The predicted molar refractivity (Wildman–Crippen MR) is 50.3 cm³/mol. The first-order valence-electron chi connectivity index (χ1n) is 5.27. The van der Waals surface area contributed by atoms with Crippen LogP contribution in [-0.4, -0.2) is 51.3 Å². The minimum Gasteiger partial charge on any atom is -0.379 e. The summed E-state index contributed by atoms with van der Waals surface area (Å²) < 4.78 is 21.0. The highest BCUT2D eigenvalue weighted by molar-refractivity contribution is 4.69. The van der Waals surface area contributed by atoms with Crippen LogP contribution in [0.1, 0.15) is 13.3 Å². The monoisotopic (exact) mass is 202 g/mol. The quantitative estimate of drug-likeness (QED) is 0.427. The molecule has 2 fully saturated rings. The lowest BCUT2D eigenvalue weighted by molar-refractivity contribution is 0.0221. The summed E-state index contributed by atoms with van der Waals surface area (Å²) >= 11 is 0. The van der Waals surface area contributed by atoms with Crippen molar-refractivity contribution in [3.05, 3.63) is 0 Å². The van der Waals surface area contributed by atoms with Gasteiger partial charge in [-0.3, -0.25) is 0 Å². The van der Waals surface area contributed by atoms with Crippen molar-refractivity contribution in [1.82, 2.24) is 0 Å². The van der Waals surface area contributed by atoms with Crippen molar-refractivity contribution >= 4 is 0 Å². The second-order valence-corrected chi connectivity index (χ2v) is 3.92. The zero-order valence-electron chi connectivity index (χ0n) is 8.61. The van der Waals surface area contributed by atoms with E-state index in [9.17, 15) is 0 Å². The topological polar surface area (TPSA) is 43.5 Å². The van der Waals surface area contributed by atoms with Crippen LogP contribution in [0.2, 0.25) is 0 Å². The molecule has 2 heterocycles. The molecule has 2 aliphatic heterocycles. The van der Waals surface area contributed by atoms with Crippen LogP contribution in [0, 0.1) is 0 Å². The molecule has 82 valence electrons. The van der Waals surface area contributed by atoms with Crippen LogP contribution in [-0.2, 0) is 18.9 Å². The number of hydrogen-bond donors (Lipinski definition) is 0. The third kappa shape index (κ3) is 4.37. The molecule has 0 aromatic carbocycles. The molecular weight excluding hydrogens is 184 g/mol. The van der Waals surface area contributed by atoms with E-state index < -0.39 is 0 Å². The molecule has 0 aromatic heterocycles. The number of hydrogen-bond acceptors (Lipinski definition) is 4.